The average molecular weight is 472 g/mol. The first-order valence-electron chi connectivity index (χ1n) is 11.1. The van der Waals surface area contributed by atoms with Gasteiger partial charge in [0.2, 0.25) is 21.8 Å². The van der Waals surface area contributed by atoms with E-state index in [1.165, 1.54) is 16.4 Å². The summed E-state index contributed by atoms with van der Waals surface area (Å²) in [5, 5.41) is 2.81. The van der Waals surface area contributed by atoms with Crippen molar-refractivity contribution in [1.29, 1.82) is 0 Å². The molecule has 2 saturated heterocycles. The van der Waals surface area contributed by atoms with Crippen LogP contribution in [-0.4, -0.2) is 51.3 Å². The first kappa shape index (κ1) is 23.3. The number of hydrogen-bond acceptors (Lipinski definition) is 5. The minimum atomic E-state index is -3.55. The molecule has 33 heavy (non-hydrogen) atoms. The Bertz CT molecular complexity index is 1120. The number of methoxy groups -OCH3 is 1. The zero-order chi connectivity index (χ0) is 23.6. The molecule has 2 amide bonds. The van der Waals surface area contributed by atoms with Crippen LogP contribution in [0.3, 0.4) is 0 Å². The lowest BCUT2D eigenvalue weighted by Gasteiger charge is -2.30. The van der Waals surface area contributed by atoms with Crippen LogP contribution in [0.15, 0.2) is 53.4 Å². The van der Waals surface area contributed by atoms with Crippen molar-refractivity contribution in [3.8, 4) is 5.75 Å². The first-order chi connectivity index (χ1) is 15.8. The predicted molar refractivity (Wildman–Crippen MR) is 126 cm³/mol. The van der Waals surface area contributed by atoms with Crippen LogP contribution in [0.4, 0.5) is 11.4 Å². The van der Waals surface area contributed by atoms with Crippen molar-refractivity contribution in [1.82, 2.24) is 4.31 Å². The topological polar surface area (TPSA) is 96.0 Å². The van der Waals surface area contributed by atoms with Crippen LogP contribution < -0.4 is 15.0 Å². The van der Waals surface area contributed by atoms with Crippen molar-refractivity contribution in [2.45, 2.75) is 31.1 Å². The minimum Gasteiger partial charge on any atom is -0.497 e. The Morgan fingerprint density at radius 3 is 2.39 bits per heavy atom. The minimum absolute atomic E-state index is 0.113. The van der Waals surface area contributed by atoms with E-state index in [4.69, 9.17) is 4.74 Å². The third-order valence-electron chi connectivity index (χ3n) is 6.26. The summed E-state index contributed by atoms with van der Waals surface area (Å²) in [5.74, 6) is 0.175. The molecule has 0 saturated carbocycles. The number of carbonyl (C=O) groups is 2. The Labute approximate surface area is 194 Å². The van der Waals surface area contributed by atoms with Gasteiger partial charge in [-0.05, 0) is 67.3 Å². The number of anilines is 2. The van der Waals surface area contributed by atoms with Crippen LogP contribution in [0, 0.1) is 11.8 Å². The van der Waals surface area contributed by atoms with Crippen LogP contribution in [0.2, 0.25) is 0 Å². The van der Waals surface area contributed by atoms with E-state index in [0.29, 0.717) is 30.4 Å². The summed E-state index contributed by atoms with van der Waals surface area (Å²) in [7, 11) is -1.97. The highest BCUT2D eigenvalue weighted by Gasteiger charge is 2.35. The second-order valence-electron chi connectivity index (χ2n) is 8.73. The van der Waals surface area contributed by atoms with Gasteiger partial charge in [0.15, 0.2) is 0 Å². The molecule has 0 spiro atoms. The number of nitrogens with zero attached hydrogens (tertiary/aromatic N) is 2. The number of rotatable bonds is 6. The lowest BCUT2D eigenvalue weighted by molar-refractivity contribution is -0.122. The Hall–Kier alpha value is -2.91. The van der Waals surface area contributed by atoms with E-state index < -0.39 is 15.9 Å². The van der Waals surface area contributed by atoms with Gasteiger partial charge in [0, 0.05) is 37.4 Å². The lowest BCUT2D eigenvalue weighted by atomic mass is 10.0. The fourth-order valence-electron chi connectivity index (χ4n) is 4.36. The van der Waals surface area contributed by atoms with Gasteiger partial charge < -0.3 is 15.0 Å². The molecule has 2 heterocycles. The molecule has 2 aliphatic rings. The molecule has 2 aromatic carbocycles. The fraction of sp³-hybridized carbons (Fsp3) is 0.417. The van der Waals surface area contributed by atoms with Gasteiger partial charge in [-0.15, -0.1) is 0 Å². The Balaban J connectivity index is 1.39. The molecule has 0 aliphatic carbocycles. The van der Waals surface area contributed by atoms with Crippen LogP contribution in [0.5, 0.6) is 5.75 Å². The number of piperidine rings is 1. The van der Waals surface area contributed by atoms with E-state index in [1.54, 1.807) is 48.4 Å². The lowest BCUT2D eigenvalue weighted by Crippen LogP contribution is -2.39. The largest absolute Gasteiger partial charge is 0.497 e. The van der Waals surface area contributed by atoms with Gasteiger partial charge in [0.1, 0.15) is 5.75 Å². The quantitative estimate of drug-likeness (QED) is 0.698. The molecule has 0 aromatic heterocycles. The number of ether oxygens (including phenoxy) is 1. The molecule has 2 aromatic rings. The summed E-state index contributed by atoms with van der Waals surface area (Å²) in [4.78, 5) is 27.0. The summed E-state index contributed by atoms with van der Waals surface area (Å²) >= 11 is 0. The SMILES string of the molecule is COc1ccc(N2CC(C(=O)Nc3ccc(S(=O)(=O)N4CCCC(C)C4)cc3)CC2=O)cc1. The van der Waals surface area contributed by atoms with E-state index in [-0.39, 0.29) is 29.7 Å². The van der Waals surface area contributed by atoms with Gasteiger partial charge >= 0.3 is 0 Å². The molecule has 2 fully saturated rings. The highest BCUT2D eigenvalue weighted by Crippen LogP contribution is 2.28. The molecule has 2 aliphatic heterocycles. The highest BCUT2D eigenvalue weighted by molar-refractivity contribution is 7.89. The third-order valence-corrected chi connectivity index (χ3v) is 8.14. The van der Waals surface area contributed by atoms with Gasteiger partial charge in [0.05, 0.1) is 17.9 Å². The molecule has 9 heteroatoms. The number of sulfonamides is 1. The molecule has 1 N–H and O–H groups in total. The number of hydrogen-bond donors (Lipinski definition) is 1. The van der Waals surface area contributed by atoms with Gasteiger partial charge in [0.25, 0.3) is 0 Å². The Morgan fingerprint density at radius 1 is 1.06 bits per heavy atom. The predicted octanol–water partition coefficient (Wildman–Crippen LogP) is 3.11. The second kappa shape index (κ2) is 9.52. The first-order valence-corrected chi connectivity index (χ1v) is 12.6. The van der Waals surface area contributed by atoms with Gasteiger partial charge in [-0.2, -0.15) is 4.31 Å². The fourth-order valence-corrected chi connectivity index (χ4v) is 5.96. The number of carbonyl (C=O) groups excluding carboxylic acids is 2. The molecular weight excluding hydrogens is 442 g/mol. The maximum Gasteiger partial charge on any atom is 0.243 e. The normalized spacial score (nSPS) is 21.8. The van der Waals surface area contributed by atoms with E-state index in [0.717, 1.165) is 18.5 Å². The number of nitrogens with one attached hydrogen (secondary N) is 1. The summed E-state index contributed by atoms with van der Waals surface area (Å²) in [6.45, 7) is 3.41. The van der Waals surface area contributed by atoms with Gasteiger partial charge in [-0.25, -0.2) is 8.42 Å². The maximum atomic E-state index is 12.9. The van der Waals surface area contributed by atoms with Crippen molar-refractivity contribution in [3.63, 3.8) is 0 Å². The van der Waals surface area contributed by atoms with Crippen LogP contribution in [0.1, 0.15) is 26.2 Å². The summed E-state index contributed by atoms with van der Waals surface area (Å²) in [5.41, 5.74) is 1.22. The monoisotopic (exact) mass is 471 g/mol. The standard InChI is InChI=1S/C24H29N3O5S/c1-17-4-3-13-26(15-17)33(30,31)22-11-5-19(6-12-22)25-24(29)18-14-23(28)27(16-18)20-7-9-21(32-2)10-8-20/h5-12,17-18H,3-4,13-16H2,1-2H3,(H,25,29). The van der Waals surface area contributed by atoms with E-state index in [1.807, 2.05) is 0 Å². The van der Waals surface area contributed by atoms with Crippen molar-refractivity contribution < 1.29 is 22.7 Å². The molecule has 8 nitrogen and oxygen atoms in total. The Kier molecular flexibility index (Phi) is 6.71. The second-order valence-corrected chi connectivity index (χ2v) is 10.7. The van der Waals surface area contributed by atoms with Crippen molar-refractivity contribution in [2.24, 2.45) is 11.8 Å². The summed E-state index contributed by atoms with van der Waals surface area (Å²) in [6, 6.07) is 13.4. The zero-order valence-corrected chi connectivity index (χ0v) is 19.7. The maximum absolute atomic E-state index is 12.9. The number of amides is 2. The molecule has 4 rings (SSSR count). The summed E-state index contributed by atoms with van der Waals surface area (Å²) in [6.07, 6.45) is 2.02. The molecule has 2 atom stereocenters. The Morgan fingerprint density at radius 2 is 1.76 bits per heavy atom. The van der Waals surface area contributed by atoms with Crippen LogP contribution >= 0.6 is 0 Å². The summed E-state index contributed by atoms with van der Waals surface area (Å²) < 4.78 is 32.5. The third kappa shape index (κ3) is 5.04. The zero-order valence-electron chi connectivity index (χ0n) is 18.9. The molecule has 176 valence electrons. The van der Waals surface area contributed by atoms with Crippen molar-refractivity contribution in [2.75, 3.05) is 37.0 Å². The molecule has 0 bridgehead atoms. The van der Waals surface area contributed by atoms with E-state index in [9.17, 15) is 18.0 Å². The van der Waals surface area contributed by atoms with Crippen LogP contribution in [0.25, 0.3) is 0 Å². The van der Waals surface area contributed by atoms with Crippen molar-refractivity contribution >= 4 is 33.2 Å². The molecule has 2 unspecified atom stereocenters. The smallest absolute Gasteiger partial charge is 0.243 e. The average Bonchev–Trinajstić information content (AvgIpc) is 3.21. The van der Waals surface area contributed by atoms with E-state index >= 15 is 0 Å². The van der Waals surface area contributed by atoms with Crippen LogP contribution in [-0.2, 0) is 19.6 Å². The van der Waals surface area contributed by atoms with Gasteiger partial charge in [-0.1, -0.05) is 6.92 Å². The molecule has 0 radical (unpaired) electrons. The van der Waals surface area contributed by atoms with E-state index in [2.05, 4.69) is 12.2 Å². The van der Waals surface area contributed by atoms with Crippen molar-refractivity contribution in [3.05, 3.63) is 48.5 Å². The molecular formula is C24H29N3O5S. The van der Waals surface area contributed by atoms with Gasteiger partial charge in [-0.3, -0.25) is 9.59 Å². The highest BCUT2D eigenvalue weighted by atomic mass is 32.2. The number of benzene rings is 2.